The van der Waals surface area contributed by atoms with Crippen molar-refractivity contribution in [3.8, 4) is 0 Å². The second-order valence-corrected chi connectivity index (χ2v) is 10.7. The van der Waals surface area contributed by atoms with Crippen LogP contribution in [0.3, 0.4) is 0 Å². The number of β-lactam (4-membered cyclic amide) rings is 1. The number of amides is 3. The van der Waals surface area contributed by atoms with Gasteiger partial charge in [-0.15, -0.1) is 23.1 Å². The predicted molar refractivity (Wildman–Crippen MR) is 127 cm³/mol. The largest absolute Gasteiger partial charge is 0.479 e. The van der Waals surface area contributed by atoms with Crippen molar-refractivity contribution < 1.29 is 43.4 Å². The summed E-state index contributed by atoms with van der Waals surface area (Å²) in [5.41, 5.74) is -2.58. The Kier molecular flexibility index (Phi) is 8.20. The Morgan fingerprint density at radius 1 is 1.39 bits per heavy atom. The third kappa shape index (κ3) is 5.93. The quantitative estimate of drug-likeness (QED) is 0.115. The first-order valence-corrected chi connectivity index (χ1v) is 12.4. The Morgan fingerprint density at radius 3 is 2.72 bits per heavy atom. The topological polar surface area (TPSA) is 186 Å². The van der Waals surface area contributed by atoms with Crippen LogP contribution in [0.4, 0.5) is 5.13 Å². The van der Waals surface area contributed by atoms with E-state index in [0.717, 1.165) is 23.1 Å². The Labute approximate surface area is 213 Å². The molecular weight excluding hydrogens is 518 g/mol. The van der Waals surface area contributed by atoms with Gasteiger partial charge < -0.3 is 35.0 Å². The van der Waals surface area contributed by atoms with E-state index in [1.807, 2.05) is 0 Å². The van der Waals surface area contributed by atoms with Gasteiger partial charge in [-0.1, -0.05) is 5.16 Å². The van der Waals surface area contributed by atoms with Gasteiger partial charge in [0.25, 0.3) is 5.91 Å². The number of fused-ring (bicyclic) bond motifs is 1. The highest BCUT2D eigenvalue weighted by molar-refractivity contribution is 8.00. The summed E-state index contributed by atoms with van der Waals surface area (Å²) >= 11 is 2.18. The van der Waals surface area contributed by atoms with Crippen LogP contribution in [0, 0.1) is 0 Å². The number of carboxylic acids is 1. The number of esters is 1. The summed E-state index contributed by atoms with van der Waals surface area (Å²) in [6.45, 7) is 4.30. The molecule has 14 nitrogen and oxygen atoms in total. The molecule has 3 atom stereocenters. The lowest BCUT2D eigenvalue weighted by molar-refractivity contribution is -0.170. The van der Waals surface area contributed by atoms with Crippen LogP contribution in [0.2, 0.25) is 0 Å². The van der Waals surface area contributed by atoms with Gasteiger partial charge in [0.05, 0.1) is 6.54 Å². The number of thiazole rings is 1. The number of methoxy groups -OCH3 is 1. The first-order valence-electron chi connectivity index (χ1n) is 10.5. The molecule has 3 amide bonds. The number of aromatic nitrogens is 1. The van der Waals surface area contributed by atoms with Crippen LogP contribution in [0.1, 0.15) is 26.5 Å². The molecule has 2 saturated heterocycles. The maximum atomic E-state index is 13.1. The number of aliphatic carboxylic acids is 1. The monoisotopic (exact) mass is 543 g/mol. The predicted octanol–water partition coefficient (Wildman–Crippen LogP) is -0.356. The Bertz CT molecular complexity index is 1090. The number of hydrogen-bond acceptors (Lipinski definition) is 12. The van der Waals surface area contributed by atoms with Crippen LogP contribution in [-0.2, 0) is 38.3 Å². The minimum absolute atomic E-state index is 0.0373. The number of carbonyl (C=O) groups excluding carboxylic acids is 4. The molecule has 1 aromatic heterocycles. The fraction of sp³-hybridized carbons (Fsp3) is 0.550. The van der Waals surface area contributed by atoms with Crippen LogP contribution in [-0.4, -0.2) is 99.5 Å². The number of rotatable bonds is 10. The van der Waals surface area contributed by atoms with Gasteiger partial charge in [-0.25, -0.2) is 14.6 Å². The number of hydrogen-bond donors (Lipinski definition) is 3. The van der Waals surface area contributed by atoms with E-state index in [9.17, 15) is 29.1 Å². The molecule has 0 aliphatic carbocycles. The summed E-state index contributed by atoms with van der Waals surface area (Å²) in [5.74, 6) is -3.12. The molecule has 0 spiro atoms. The lowest BCUT2D eigenvalue weighted by Crippen LogP contribution is -2.75. The highest BCUT2D eigenvalue weighted by Gasteiger charge is 2.58. The summed E-state index contributed by atoms with van der Waals surface area (Å²) in [6, 6.07) is -0.951. The van der Waals surface area contributed by atoms with Crippen LogP contribution in [0.15, 0.2) is 10.5 Å². The van der Waals surface area contributed by atoms with Crippen molar-refractivity contribution in [2.45, 2.75) is 43.4 Å². The molecule has 0 saturated carbocycles. The third-order valence-electron chi connectivity index (χ3n) is 5.02. The summed E-state index contributed by atoms with van der Waals surface area (Å²) < 4.78 is 10.3. The maximum absolute atomic E-state index is 13.1. The Balaban J connectivity index is 1.73. The number of carbonyl (C=O) groups is 5. The van der Waals surface area contributed by atoms with Gasteiger partial charge in [-0.05, 0) is 20.8 Å². The van der Waals surface area contributed by atoms with Crippen LogP contribution in [0.25, 0.3) is 0 Å². The number of oxime groups is 1. The van der Waals surface area contributed by atoms with Crippen LogP contribution in [0.5, 0.6) is 0 Å². The molecule has 3 heterocycles. The first-order chi connectivity index (χ1) is 16.9. The number of thioether (sulfide) groups is 1. The Morgan fingerprint density at radius 2 is 2.11 bits per heavy atom. The van der Waals surface area contributed by atoms with Crippen molar-refractivity contribution in [1.29, 1.82) is 0 Å². The van der Waals surface area contributed by atoms with Gasteiger partial charge >= 0.3 is 11.9 Å². The van der Waals surface area contributed by atoms with E-state index in [-0.39, 0.29) is 28.8 Å². The lowest BCUT2D eigenvalue weighted by atomic mass is 9.99. The van der Waals surface area contributed by atoms with E-state index in [1.165, 1.54) is 17.4 Å². The van der Waals surface area contributed by atoms with E-state index in [4.69, 9.17) is 14.3 Å². The van der Waals surface area contributed by atoms with E-state index < -0.39 is 53.0 Å². The zero-order valence-corrected chi connectivity index (χ0v) is 21.4. The molecular formula is C20H25N5O9S2. The Hall–Kier alpha value is -3.24. The average Bonchev–Trinajstić information content (AvgIpc) is 3.26. The normalized spacial score (nSPS) is 23.7. The second kappa shape index (κ2) is 10.8. The fourth-order valence-electron chi connectivity index (χ4n) is 3.33. The van der Waals surface area contributed by atoms with Crippen molar-refractivity contribution in [2.75, 3.05) is 31.3 Å². The smallest absolute Gasteiger partial charge is 0.347 e. The molecule has 196 valence electrons. The van der Waals surface area contributed by atoms with Crippen molar-refractivity contribution in [1.82, 2.24) is 15.2 Å². The molecule has 1 aromatic rings. The van der Waals surface area contributed by atoms with Crippen LogP contribution < -0.4 is 10.6 Å². The molecule has 3 rings (SSSR count). The SMILES string of the molecule is COC1(C(=O)O)CS[C@@H]2C(NC(=O)C(=NOCC(=O)OC(C)(C)C)c3csc(NC=O)n3)C(=O)N2C1. The molecule has 0 bridgehead atoms. The minimum atomic E-state index is -1.53. The number of carboxylic acid groups (broad SMARTS) is 1. The van der Waals surface area contributed by atoms with E-state index >= 15 is 0 Å². The number of nitrogens with one attached hydrogen (secondary N) is 2. The first kappa shape index (κ1) is 27.3. The zero-order valence-electron chi connectivity index (χ0n) is 19.8. The molecule has 2 unspecified atom stereocenters. The van der Waals surface area contributed by atoms with Gasteiger partial charge in [-0.3, -0.25) is 14.4 Å². The standard InChI is InChI=1S/C20H25N5O9S2/c1-19(2,3)34-11(27)5-33-24-12(10-6-35-18(22-10)21-9-26)14(28)23-13-15(29)25-7-20(32-4,17(30)31)8-36-16(13)25/h6,9,13,16H,5,7-8H2,1-4H3,(H,23,28)(H,30,31)(H,21,22,26)/t13?,16-,20?/m1/s1. The molecule has 0 aromatic carbocycles. The van der Waals surface area contributed by atoms with Crippen molar-refractivity contribution in [2.24, 2.45) is 5.16 Å². The molecule has 2 aliphatic rings. The van der Waals surface area contributed by atoms with Gasteiger partial charge in [0.15, 0.2) is 16.4 Å². The molecule has 36 heavy (non-hydrogen) atoms. The lowest BCUT2D eigenvalue weighted by Gasteiger charge is -2.53. The molecule has 2 aliphatic heterocycles. The molecule has 2 fully saturated rings. The number of ether oxygens (including phenoxy) is 2. The van der Waals surface area contributed by atoms with Gasteiger partial charge in [0, 0.05) is 18.2 Å². The van der Waals surface area contributed by atoms with E-state index in [0.29, 0.717) is 6.41 Å². The van der Waals surface area contributed by atoms with Gasteiger partial charge in [0.2, 0.25) is 18.9 Å². The summed E-state index contributed by atoms with van der Waals surface area (Å²) in [7, 11) is 1.26. The highest BCUT2D eigenvalue weighted by atomic mass is 32.2. The average molecular weight is 544 g/mol. The van der Waals surface area contributed by atoms with Gasteiger partial charge in [-0.2, -0.15) is 0 Å². The van der Waals surface area contributed by atoms with Gasteiger partial charge in [0.1, 0.15) is 22.7 Å². The molecule has 16 heteroatoms. The highest BCUT2D eigenvalue weighted by Crippen LogP contribution is 2.39. The summed E-state index contributed by atoms with van der Waals surface area (Å²) in [6.07, 6.45) is 0.414. The van der Waals surface area contributed by atoms with Crippen molar-refractivity contribution >= 4 is 64.1 Å². The number of anilines is 1. The van der Waals surface area contributed by atoms with Crippen molar-refractivity contribution in [3.05, 3.63) is 11.1 Å². The molecule has 0 radical (unpaired) electrons. The molecule has 3 N–H and O–H groups in total. The minimum Gasteiger partial charge on any atom is -0.479 e. The van der Waals surface area contributed by atoms with E-state index in [2.05, 4.69) is 20.8 Å². The second-order valence-electron chi connectivity index (χ2n) is 8.72. The maximum Gasteiger partial charge on any atom is 0.347 e. The fourth-order valence-corrected chi connectivity index (χ4v) is 5.49. The third-order valence-corrected chi connectivity index (χ3v) is 7.30. The van der Waals surface area contributed by atoms with E-state index in [1.54, 1.807) is 20.8 Å². The summed E-state index contributed by atoms with van der Waals surface area (Å²) in [5, 5.41) is 19.3. The zero-order chi connectivity index (χ0) is 26.7. The van der Waals surface area contributed by atoms with Crippen molar-refractivity contribution in [3.63, 3.8) is 0 Å². The van der Waals surface area contributed by atoms with Crippen LogP contribution >= 0.6 is 23.1 Å². The number of nitrogens with zero attached hydrogens (tertiary/aromatic N) is 3. The summed E-state index contributed by atoms with van der Waals surface area (Å²) in [4.78, 5) is 70.4.